The number of hydrogen-bond acceptors (Lipinski definition) is 8. The molecule has 0 aliphatic heterocycles. The van der Waals surface area contributed by atoms with Crippen molar-refractivity contribution >= 4 is 25.2 Å². The number of rotatable bonds is 6. The highest BCUT2D eigenvalue weighted by atomic mass is 16.5. The maximum atomic E-state index is 8.98. The number of ether oxygens (including phenoxy) is 4. The molecule has 0 saturated heterocycles. The molecule has 0 heterocycles. The van der Waals surface area contributed by atoms with Gasteiger partial charge < -0.3 is 39.0 Å². The van der Waals surface area contributed by atoms with Crippen LogP contribution in [0.4, 0.5) is 0 Å². The van der Waals surface area contributed by atoms with E-state index >= 15 is 0 Å². The fourth-order valence-electron chi connectivity index (χ4n) is 2.02. The van der Waals surface area contributed by atoms with Crippen LogP contribution in [0, 0.1) is 0 Å². The van der Waals surface area contributed by atoms with Gasteiger partial charge in [-0.15, -0.1) is 0 Å². The van der Waals surface area contributed by atoms with E-state index in [0.717, 1.165) is 0 Å². The molecule has 26 heavy (non-hydrogen) atoms. The van der Waals surface area contributed by atoms with E-state index in [1.165, 1.54) is 46.6 Å². The van der Waals surface area contributed by atoms with Crippen LogP contribution < -0.4 is 29.9 Å². The second-order valence-electron chi connectivity index (χ2n) is 5.00. The second-order valence-corrected chi connectivity index (χ2v) is 5.00. The zero-order valence-electron chi connectivity index (χ0n) is 15.0. The Morgan fingerprint density at radius 1 is 0.615 bits per heavy atom. The van der Waals surface area contributed by atoms with Gasteiger partial charge >= 0.3 is 14.2 Å². The first-order valence-electron chi connectivity index (χ1n) is 7.53. The summed E-state index contributed by atoms with van der Waals surface area (Å²) in [6.07, 6.45) is 0. The molecular formula is C16H22B2O8. The summed E-state index contributed by atoms with van der Waals surface area (Å²) in [7, 11) is 2.92. The standard InChI is InChI=1S/2C8H11BO4/c1-12-7-3-6(9(10)11)4-8(5-7)13-2;1-12-6-3-4-8(13-2)7(5-6)9(10)11/h2*3-5,10-11H,1-2H3. The average molecular weight is 364 g/mol. The van der Waals surface area contributed by atoms with Gasteiger partial charge in [0, 0.05) is 11.5 Å². The Hall–Kier alpha value is -2.39. The molecule has 0 aliphatic rings. The lowest BCUT2D eigenvalue weighted by molar-refractivity contribution is 0.392. The van der Waals surface area contributed by atoms with E-state index < -0.39 is 14.2 Å². The van der Waals surface area contributed by atoms with Gasteiger partial charge in [0.05, 0.1) is 28.4 Å². The molecule has 0 spiro atoms. The minimum absolute atomic E-state index is 0.293. The lowest BCUT2D eigenvalue weighted by atomic mass is 9.79. The first kappa shape index (κ1) is 21.7. The molecule has 4 N–H and O–H groups in total. The van der Waals surface area contributed by atoms with Crippen molar-refractivity contribution in [1.29, 1.82) is 0 Å². The van der Waals surface area contributed by atoms with Crippen molar-refractivity contribution in [2.45, 2.75) is 0 Å². The fourth-order valence-corrected chi connectivity index (χ4v) is 2.02. The van der Waals surface area contributed by atoms with Gasteiger partial charge in [0.25, 0.3) is 0 Å². The molecule has 0 aliphatic carbocycles. The van der Waals surface area contributed by atoms with Crippen LogP contribution in [0.25, 0.3) is 0 Å². The van der Waals surface area contributed by atoms with Gasteiger partial charge in [0.15, 0.2) is 0 Å². The van der Waals surface area contributed by atoms with Crippen molar-refractivity contribution in [3.8, 4) is 23.0 Å². The smallest absolute Gasteiger partial charge is 0.492 e. The van der Waals surface area contributed by atoms with Crippen molar-refractivity contribution in [3.05, 3.63) is 36.4 Å². The zero-order valence-corrected chi connectivity index (χ0v) is 15.0. The second kappa shape index (κ2) is 10.6. The summed E-state index contributed by atoms with van der Waals surface area (Å²) < 4.78 is 19.7. The Kier molecular flexibility index (Phi) is 8.80. The molecule has 0 saturated carbocycles. The van der Waals surface area contributed by atoms with E-state index in [1.54, 1.807) is 18.2 Å². The summed E-state index contributed by atoms with van der Waals surface area (Å²) in [6, 6.07) is 9.55. The first-order chi connectivity index (χ1) is 12.4. The summed E-state index contributed by atoms with van der Waals surface area (Å²) in [5.41, 5.74) is 0.637. The fraction of sp³-hybridized carbons (Fsp3) is 0.250. The summed E-state index contributed by atoms with van der Waals surface area (Å²) in [5.74, 6) is 2.05. The number of methoxy groups -OCH3 is 4. The Labute approximate surface area is 152 Å². The summed E-state index contributed by atoms with van der Waals surface area (Å²) in [5, 5.41) is 35.8. The average Bonchev–Trinajstić information content (AvgIpc) is 2.67. The molecule has 2 aromatic carbocycles. The Bertz CT molecular complexity index is 672. The van der Waals surface area contributed by atoms with E-state index in [0.29, 0.717) is 33.9 Å². The topological polar surface area (TPSA) is 118 Å². The Morgan fingerprint density at radius 3 is 1.54 bits per heavy atom. The highest BCUT2D eigenvalue weighted by Gasteiger charge is 2.17. The summed E-state index contributed by atoms with van der Waals surface area (Å²) >= 11 is 0. The molecule has 2 aromatic rings. The van der Waals surface area contributed by atoms with E-state index in [1.807, 2.05) is 0 Å². The van der Waals surface area contributed by atoms with Crippen LogP contribution in [0.3, 0.4) is 0 Å². The van der Waals surface area contributed by atoms with Gasteiger partial charge in [-0.25, -0.2) is 0 Å². The third-order valence-electron chi connectivity index (χ3n) is 3.39. The van der Waals surface area contributed by atoms with E-state index in [4.69, 9.17) is 39.0 Å². The van der Waals surface area contributed by atoms with Crippen LogP contribution in [0.15, 0.2) is 36.4 Å². The van der Waals surface area contributed by atoms with Crippen LogP contribution in [0.2, 0.25) is 0 Å². The van der Waals surface area contributed by atoms with Crippen molar-refractivity contribution in [3.63, 3.8) is 0 Å². The predicted molar refractivity (Wildman–Crippen MR) is 98.7 cm³/mol. The molecule has 8 nitrogen and oxygen atoms in total. The summed E-state index contributed by atoms with van der Waals surface area (Å²) in [4.78, 5) is 0. The quantitative estimate of drug-likeness (QED) is 0.471. The Balaban J connectivity index is 0.000000260. The highest BCUT2D eigenvalue weighted by Crippen LogP contribution is 2.17. The highest BCUT2D eigenvalue weighted by molar-refractivity contribution is 6.59. The molecule has 0 atom stereocenters. The van der Waals surface area contributed by atoms with Gasteiger partial charge in [0.1, 0.15) is 23.0 Å². The molecule has 10 heteroatoms. The molecule has 140 valence electrons. The minimum atomic E-state index is -1.55. The SMILES string of the molecule is COc1cc(OC)cc(B(O)O)c1.COc1ccc(OC)c(B(O)O)c1. The van der Waals surface area contributed by atoms with Crippen LogP contribution >= 0.6 is 0 Å². The normalized spacial score (nSPS) is 9.54. The van der Waals surface area contributed by atoms with Gasteiger partial charge in [-0.2, -0.15) is 0 Å². The summed E-state index contributed by atoms with van der Waals surface area (Å²) in [6.45, 7) is 0. The van der Waals surface area contributed by atoms with Crippen LogP contribution in [0.5, 0.6) is 23.0 Å². The third-order valence-corrected chi connectivity index (χ3v) is 3.39. The van der Waals surface area contributed by atoms with Crippen molar-refractivity contribution in [2.75, 3.05) is 28.4 Å². The van der Waals surface area contributed by atoms with Crippen molar-refractivity contribution in [2.24, 2.45) is 0 Å². The minimum Gasteiger partial charge on any atom is -0.497 e. The molecule has 0 bridgehead atoms. The molecule has 0 radical (unpaired) electrons. The molecule has 0 unspecified atom stereocenters. The molecule has 0 amide bonds. The van der Waals surface area contributed by atoms with Crippen LogP contribution in [-0.2, 0) is 0 Å². The van der Waals surface area contributed by atoms with Gasteiger partial charge in [-0.3, -0.25) is 0 Å². The van der Waals surface area contributed by atoms with Gasteiger partial charge in [-0.05, 0) is 35.8 Å². The van der Waals surface area contributed by atoms with Crippen LogP contribution in [-0.4, -0.2) is 62.8 Å². The molecule has 0 fully saturated rings. The lowest BCUT2D eigenvalue weighted by Gasteiger charge is -2.08. The van der Waals surface area contributed by atoms with E-state index in [-0.39, 0.29) is 0 Å². The predicted octanol–water partition coefficient (Wildman–Crippen LogP) is -1.23. The van der Waals surface area contributed by atoms with E-state index in [9.17, 15) is 0 Å². The molecule has 0 aromatic heterocycles. The first-order valence-corrected chi connectivity index (χ1v) is 7.53. The Morgan fingerprint density at radius 2 is 1.15 bits per heavy atom. The zero-order chi connectivity index (χ0) is 19.7. The number of benzene rings is 2. The monoisotopic (exact) mass is 364 g/mol. The lowest BCUT2D eigenvalue weighted by Crippen LogP contribution is -2.31. The van der Waals surface area contributed by atoms with Crippen molar-refractivity contribution in [1.82, 2.24) is 0 Å². The molecule has 2 rings (SSSR count). The third kappa shape index (κ3) is 6.16. The van der Waals surface area contributed by atoms with Crippen molar-refractivity contribution < 1.29 is 39.0 Å². The van der Waals surface area contributed by atoms with Gasteiger partial charge in [-0.1, -0.05) is 0 Å². The maximum Gasteiger partial charge on any atom is 0.492 e. The number of hydrogen-bond donors (Lipinski definition) is 4. The van der Waals surface area contributed by atoms with Gasteiger partial charge in [0.2, 0.25) is 0 Å². The van der Waals surface area contributed by atoms with E-state index in [2.05, 4.69) is 0 Å². The molecular weight excluding hydrogens is 342 g/mol. The van der Waals surface area contributed by atoms with Crippen LogP contribution in [0.1, 0.15) is 0 Å². The maximum absolute atomic E-state index is 8.98. The largest absolute Gasteiger partial charge is 0.497 e.